The summed E-state index contributed by atoms with van der Waals surface area (Å²) in [4.78, 5) is 28.3. The van der Waals surface area contributed by atoms with Gasteiger partial charge < -0.3 is 19.4 Å². The highest BCUT2D eigenvalue weighted by Gasteiger charge is 2.49. The van der Waals surface area contributed by atoms with Gasteiger partial charge in [-0.1, -0.05) is 6.07 Å². The molecule has 150 valence electrons. The smallest absolute Gasteiger partial charge is 0.309 e. The van der Waals surface area contributed by atoms with Gasteiger partial charge >= 0.3 is 5.97 Å². The topological polar surface area (TPSA) is 82.5 Å². The van der Waals surface area contributed by atoms with Crippen molar-refractivity contribution >= 4 is 28.6 Å². The second-order valence-electron chi connectivity index (χ2n) is 7.38. The number of aryl methyl sites for hydroxylation is 2. The number of anilines is 1. The maximum atomic E-state index is 12.4. The standard InChI is InChI=1S/C22H23N3O4/c1-12-5-6-14(19(7-12)28-3)17-8-13-9-20(23-11-18(13)25(17)2)24-21(26)15-10-16(15)22(27)29-4/h5-9,11,15-16H,10H2,1-4H3,(H,23,24,26)/t15-,16+/m0/s1. The highest BCUT2D eigenvalue weighted by atomic mass is 16.5. The van der Waals surface area contributed by atoms with E-state index in [4.69, 9.17) is 9.47 Å². The van der Waals surface area contributed by atoms with Gasteiger partial charge in [0, 0.05) is 18.0 Å². The third-order valence-corrected chi connectivity index (χ3v) is 5.44. The van der Waals surface area contributed by atoms with Crippen molar-refractivity contribution in [1.82, 2.24) is 9.55 Å². The molecule has 1 N–H and O–H groups in total. The molecule has 0 saturated heterocycles. The number of nitrogens with zero attached hydrogens (tertiary/aromatic N) is 2. The van der Waals surface area contributed by atoms with E-state index in [1.807, 2.05) is 44.3 Å². The van der Waals surface area contributed by atoms with Crippen molar-refractivity contribution in [1.29, 1.82) is 0 Å². The van der Waals surface area contributed by atoms with E-state index < -0.39 is 0 Å². The fraction of sp³-hybridized carbons (Fsp3) is 0.318. The summed E-state index contributed by atoms with van der Waals surface area (Å²) >= 11 is 0. The Hall–Kier alpha value is -3.35. The van der Waals surface area contributed by atoms with E-state index in [-0.39, 0.29) is 23.7 Å². The molecule has 1 fully saturated rings. The van der Waals surface area contributed by atoms with Gasteiger partial charge in [0.2, 0.25) is 5.91 Å². The molecule has 1 aromatic carbocycles. The van der Waals surface area contributed by atoms with Crippen LogP contribution in [-0.4, -0.2) is 35.6 Å². The molecule has 0 bridgehead atoms. The molecule has 7 nitrogen and oxygen atoms in total. The largest absolute Gasteiger partial charge is 0.496 e. The fourth-order valence-corrected chi connectivity index (χ4v) is 3.69. The summed E-state index contributed by atoms with van der Waals surface area (Å²) in [6, 6.07) is 9.98. The lowest BCUT2D eigenvalue weighted by Gasteiger charge is -2.10. The van der Waals surface area contributed by atoms with Crippen LogP contribution in [0.1, 0.15) is 12.0 Å². The number of fused-ring (bicyclic) bond motifs is 1. The van der Waals surface area contributed by atoms with Crippen molar-refractivity contribution in [3.05, 3.63) is 42.1 Å². The molecule has 7 heteroatoms. The number of hydrogen-bond acceptors (Lipinski definition) is 5. The van der Waals surface area contributed by atoms with E-state index in [2.05, 4.69) is 14.9 Å². The number of esters is 1. The quantitative estimate of drug-likeness (QED) is 0.673. The summed E-state index contributed by atoms with van der Waals surface area (Å²) in [5, 5.41) is 3.77. The maximum Gasteiger partial charge on any atom is 0.309 e. The Morgan fingerprint density at radius 2 is 1.97 bits per heavy atom. The first kappa shape index (κ1) is 19.0. The first-order valence-corrected chi connectivity index (χ1v) is 9.42. The summed E-state index contributed by atoms with van der Waals surface area (Å²) in [7, 11) is 4.97. The summed E-state index contributed by atoms with van der Waals surface area (Å²) in [5.74, 6) is 0.0343. The third-order valence-electron chi connectivity index (χ3n) is 5.44. The number of aromatic nitrogens is 2. The Morgan fingerprint density at radius 3 is 2.69 bits per heavy atom. The average molecular weight is 393 g/mol. The van der Waals surface area contributed by atoms with Crippen LogP contribution in [0.15, 0.2) is 36.5 Å². The summed E-state index contributed by atoms with van der Waals surface area (Å²) in [6.07, 6.45) is 2.25. The van der Waals surface area contributed by atoms with Gasteiger partial charge in [-0.3, -0.25) is 9.59 Å². The number of nitrogens with one attached hydrogen (secondary N) is 1. The van der Waals surface area contributed by atoms with E-state index in [0.717, 1.165) is 33.5 Å². The zero-order chi connectivity index (χ0) is 20.7. The molecule has 0 unspecified atom stereocenters. The summed E-state index contributed by atoms with van der Waals surface area (Å²) < 4.78 is 12.3. The lowest BCUT2D eigenvalue weighted by atomic mass is 10.1. The number of carbonyl (C=O) groups excluding carboxylic acids is 2. The number of carbonyl (C=O) groups is 2. The van der Waals surface area contributed by atoms with E-state index in [0.29, 0.717) is 12.2 Å². The Labute approximate surface area is 168 Å². The van der Waals surface area contributed by atoms with Gasteiger partial charge in [-0.15, -0.1) is 0 Å². The van der Waals surface area contributed by atoms with E-state index in [1.165, 1.54) is 7.11 Å². The van der Waals surface area contributed by atoms with Crippen LogP contribution in [0, 0.1) is 18.8 Å². The fourth-order valence-electron chi connectivity index (χ4n) is 3.69. The van der Waals surface area contributed by atoms with Crippen molar-refractivity contribution in [3.63, 3.8) is 0 Å². The molecule has 1 aliphatic carbocycles. The molecule has 29 heavy (non-hydrogen) atoms. The number of ether oxygens (including phenoxy) is 2. The molecule has 0 radical (unpaired) electrons. The minimum atomic E-state index is -0.346. The lowest BCUT2D eigenvalue weighted by molar-refractivity contribution is -0.143. The van der Waals surface area contributed by atoms with Crippen LogP contribution in [-0.2, 0) is 21.4 Å². The van der Waals surface area contributed by atoms with Crippen LogP contribution in [0.4, 0.5) is 5.82 Å². The molecule has 0 aliphatic heterocycles. The van der Waals surface area contributed by atoms with Crippen LogP contribution in [0.2, 0.25) is 0 Å². The highest BCUT2D eigenvalue weighted by molar-refractivity contribution is 5.99. The van der Waals surface area contributed by atoms with Crippen molar-refractivity contribution in [2.45, 2.75) is 13.3 Å². The van der Waals surface area contributed by atoms with Gasteiger partial charge in [-0.25, -0.2) is 4.98 Å². The van der Waals surface area contributed by atoms with Crippen molar-refractivity contribution in [2.24, 2.45) is 18.9 Å². The predicted molar refractivity (Wildman–Crippen MR) is 110 cm³/mol. The van der Waals surface area contributed by atoms with Crippen LogP contribution in [0.5, 0.6) is 5.75 Å². The average Bonchev–Trinajstić information content (AvgIpc) is 3.46. The Kier molecular flexibility index (Phi) is 4.74. The molecule has 1 aliphatic rings. The molecule has 1 saturated carbocycles. The minimum absolute atomic E-state index is 0.205. The molecule has 4 rings (SSSR count). The first-order valence-electron chi connectivity index (χ1n) is 9.42. The number of methoxy groups -OCH3 is 2. The van der Waals surface area contributed by atoms with Crippen LogP contribution in [0.3, 0.4) is 0 Å². The van der Waals surface area contributed by atoms with Gasteiger partial charge in [0.15, 0.2) is 0 Å². The number of hydrogen-bond donors (Lipinski definition) is 1. The van der Waals surface area contributed by atoms with Crippen LogP contribution >= 0.6 is 0 Å². The molecule has 2 heterocycles. The highest BCUT2D eigenvalue weighted by Crippen LogP contribution is 2.40. The zero-order valence-corrected chi connectivity index (χ0v) is 16.9. The number of amides is 1. The molecular weight excluding hydrogens is 370 g/mol. The normalized spacial score (nSPS) is 17.8. The van der Waals surface area contributed by atoms with E-state index in [1.54, 1.807) is 13.3 Å². The van der Waals surface area contributed by atoms with Gasteiger partial charge in [0.1, 0.15) is 11.6 Å². The van der Waals surface area contributed by atoms with Crippen molar-refractivity contribution in [3.8, 4) is 17.0 Å². The van der Waals surface area contributed by atoms with Crippen molar-refractivity contribution in [2.75, 3.05) is 19.5 Å². The Bertz CT molecular complexity index is 1120. The van der Waals surface area contributed by atoms with Gasteiger partial charge in [-0.2, -0.15) is 0 Å². The molecule has 3 aromatic rings. The monoisotopic (exact) mass is 393 g/mol. The SMILES string of the molecule is COC(=O)[C@@H]1C[C@@H]1C(=O)Nc1cc2cc(-c3ccc(C)cc3OC)n(C)c2cn1. The molecular formula is C22H23N3O4. The van der Waals surface area contributed by atoms with Gasteiger partial charge in [-0.05, 0) is 43.2 Å². The van der Waals surface area contributed by atoms with Gasteiger partial charge in [0.25, 0.3) is 0 Å². The number of pyridine rings is 1. The zero-order valence-electron chi connectivity index (χ0n) is 16.9. The molecule has 0 spiro atoms. The Balaban J connectivity index is 1.61. The maximum absolute atomic E-state index is 12.4. The van der Waals surface area contributed by atoms with E-state index in [9.17, 15) is 9.59 Å². The lowest BCUT2D eigenvalue weighted by Crippen LogP contribution is -2.18. The van der Waals surface area contributed by atoms with Crippen molar-refractivity contribution < 1.29 is 19.1 Å². The Morgan fingerprint density at radius 1 is 1.17 bits per heavy atom. The molecule has 2 aromatic heterocycles. The summed E-state index contributed by atoms with van der Waals surface area (Å²) in [6.45, 7) is 2.03. The predicted octanol–water partition coefficient (Wildman–Crippen LogP) is 3.30. The first-order chi connectivity index (χ1) is 13.9. The number of rotatable bonds is 5. The van der Waals surface area contributed by atoms with Crippen LogP contribution < -0.4 is 10.1 Å². The summed E-state index contributed by atoms with van der Waals surface area (Å²) in [5.41, 5.74) is 4.05. The second kappa shape index (κ2) is 7.24. The second-order valence-corrected chi connectivity index (χ2v) is 7.38. The van der Waals surface area contributed by atoms with Gasteiger partial charge in [0.05, 0.1) is 43.5 Å². The van der Waals surface area contributed by atoms with E-state index >= 15 is 0 Å². The third kappa shape index (κ3) is 3.44. The molecule has 2 atom stereocenters. The van der Waals surface area contributed by atoms with Crippen LogP contribution in [0.25, 0.3) is 22.2 Å². The number of benzene rings is 1. The molecule has 1 amide bonds. The minimum Gasteiger partial charge on any atom is -0.496 e.